The fraction of sp³-hybridized carbons (Fsp3) is 0.316. The molecule has 278 valence electrons. The minimum absolute atomic E-state index is 0.0260. The predicted molar refractivity (Wildman–Crippen MR) is 202 cm³/mol. The summed E-state index contributed by atoms with van der Waals surface area (Å²) in [6, 6.07) is 21.5. The standard InChI is InChI=1S/C38H43Cl2N3O8S/c1-7-25(2)41-38(45)33(19-26-11-9-8-10-12-26)42(23-27-13-14-28(39)20-31(27)40)37(44)24-43(32-21-29(48-3)15-17-34(32)49-4)52(46,47)30-16-18-35(50-5)36(22-30)51-6/h8-18,20-22,25,33H,7,19,23-24H2,1-6H3,(H,41,45). The number of benzene rings is 4. The molecule has 0 saturated heterocycles. The van der Waals surface area contributed by atoms with E-state index >= 15 is 0 Å². The molecule has 1 N–H and O–H groups in total. The molecule has 4 aromatic carbocycles. The molecule has 2 atom stereocenters. The molecule has 0 aliphatic rings. The summed E-state index contributed by atoms with van der Waals surface area (Å²) in [5.74, 6) is -0.165. The summed E-state index contributed by atoms with van der Waals surface area (Å²) in [7, 11) is 1.10. The first kappa shape index (κ1) is 40.1. The number of ether oxygens (including phenoxy) is 4. The fourth-order valence-corrected chi connectivity index (χ4v) is 7.34. The minimum atomic E-state index is -4.54. The first-order valence-electron chi connectivity index (χ1n) is 16.4. The number of anilines is 1. The summed E-state index contributed by atoms with van der Waals surface area (Å²) in [4.78, 5) is 30.2. The zero-order valence-electron chi connectivity index (χ0n) is 29.9. The van der Waals surface area contributed by atoms with E-state index in [2.05, 4.69) is 5.32 Å². The van der Waals surface area contributed by atoms with Crippen molar-refractivity contribution in [3.8, 4) is 23.0 Å². The Morgan fingerprint density at radius 2 is 1.48 bits per heavy atom. The number of halogens is 2. The zero-order chi connectivity index (χ0) is 38.0. The number of rotatable bonds is 17. The lowest BCUT2D eigenvalue weighted by Gasteiger charge is -2.34. The van der Waals surface area contributed by atoms with E-state index in [4.69, 9.17) is 42.1 Å². The summed E-state index contributed by atoms with van der Waals surface area (Å²) in [6.07, 6.45) is 0.776. The lowest BCUT2D eigenvalue weighted by molar-refractivity contribution is -0.140. The molecule has 14 heteroatoms. The van der Waals surface area contributed by atoms with E-state index in [1.807, 2.05) is 44.2 Å². The number of nitrogens with one attached hydrogen (secondary N) is 1. The van der Waals surface area contributed by atoms with Gasteiger partial charge in [-0.3, -0.25) is 13.9 Å². The number of hydrogen-bond acceptors (Lipinski definition) is 8. The van der Waals surface area contributed by atoms with Gasteiger partial charge in [-0.05, 0) is 60.9 Å². The Kier molecular flexibility index (Phi) is 14.1. The highest BCUT2D eigenvalue weighted by Gasteiger charge is 2.36. The second kappa shape index (κ2) is 18.2. The molecule has 0 spiro atoms. The molecule has 4 rings (SSSR count). The van der Waals surface area contributed by atoms with E-state index in [1.54, 1.807) is 30.3 Å². The predicted octanol–water partition coefficient (Wildman–Crippen LogP) is 6.78. The van der Waals surface area contributed by atoms with E-state index in [-0.39, 0.29) is 46.1 Å². The average Bonchev–Trinajstić information content (AvgIpc) is 3.15. The summed E-state index contributed by atoms with van der Waals surface area (Å²) < 4.78 is 52.1. The van der Waals surface area contributed by atoms with Crippen LogP contribution in [0.1, 0.15) is 31.4 Å². The highest BCUT2D eigenvalue weighted by atomic mass is 35.5. The Labute approximate surface area is 315 Å². The van der Waals surface area contributed by atoms with Crippen molar-refractivity contribution in [2.24, 2.45) is 0 Å². The van der Waals surface area contributed by atoms with Crippen LogP contribution in [0.2, 0.25) is 10.0 Å². The van der Waals surface area contributed by atoms with Gasteiger partial charge in [-0.25, -0.2) is 8.42 Å². The Morgan fingerprint density at radius 1 is 0.808 bits per heavy atom. The number of sulfonamides is 1. The van der Waals surface area contributed by atoms with Crippen LogP contribution in [-0.2, 0) is 32.6 Å². The minimum Gasteiger partial charge on any atom is -0.497 e. The van der Waals surface area contributed by atoms with Gasteiger partial charge in [0.05, 0.1) is 39.0 Å². The molecule has 0 aliphatic heterocycles. The zero-order valence-corrected chi connectivity index (χ0v) is 32.2. The van der Waals surface area contributed by atoms with Crippen molar-refractivity contribution in [2.45, 2.75) is 50.2 Å². The molecular formula is C38H43Cl2N3O8S. The van der Waals surface area contributed by atoms with Gasteiger partial charge in [0, 0.05) is 41.2 Å². The van der Waals surface area contributed by atoms with Crippen molar-refractivity contribution in [1.82, 2.24) is 10.2 Å². The van der Waals surface area contributed by atoms with Crippen molar-refractivity contribution >= 4 is 50.7 Å². The average molecular weight is 773 g/mol. The van der Waals surface area contributed by atoms with Crippen LogP contribution in [-0.4, -0.2) is 72.2 Å². The molecule has 0 saturated carbocycles. The maximum Gasteiger partial charge on any atom is 0.265 e. The number of nitrogens with zero attached hydrogens (tertiary/aromatic N) is 2. The monoisotopic (exact) mass is 771 g/mol. The van der Waals surface area contributed by atoms with Crippen molar-refractivity contribution < 1.29 is 37.0 Å². The molecule has 0 bridgehead atoms. The number of amides is 2. The SMILES string of the molecule is CCC(C)NC(=O)C(Cc1ccccc1)N(Cc1ccc(Cl)cc1Cl)C(=O)CN(c1cc(OC)ccc1OC)S(=O)(=O)c1ccc(OC)c(OC)c1. The van der Waals surface area contributed by atoms with Gasteiger partial charge in [0.15, 0.2) is 11.5 Å². The number of hydrogen-bond donors (Lipinski definition) is 1. The molecule has 2 amide bonds. The lowest BCUT2D eigenvalue weighted by Crippen LogP contribution is -2.54. The van der Waals surface area contributed by atoms with Crippen LogP contribution in [0, 0.1) is 0 Å². The van der Waals surface area contributed by atoms with Gasteiger partial charge < -0.3 is 29.2 Å². The quantitative estimate of drug-likeness (QED) is 0.125. The third-order valence-corrected chi connectivity index (χ3v) is 10.8. The van der Waals surface area contributed by atoms with E-state index < -0.39 is 34.4 Å². The van der Waals surface area contributed by atoms with E-state index in [1.165, 1.54) is 57.6 Å². The third kappa shape index (κ3) is 9.61. The van der Waals surface area contributed by atoms with Gasteiger partial charge in [-0.15, -0.1) is 0 Å². The second-order valence-electron chi connectivity index (χ2n) is 11.8. The van der Waals surface area contributed by atoms with E-state index in [0.717, 1.165) is 9.87 Å². The Hall–Kier alpha value is -4.65. The summed E-state index contributed by atoms with van der Waals surface area (Å²) in [6.45, 7) is 2.92. The third-order valence-electron chi connectivity index (χ3n) is 8.50. The molecule has 11 nitrogen and oxygen atoms in total. The molecule has 0 aliphatic carbocycles. The fourth-order valence-electron chi connectivity index (χ4n) is 5.44. The van der Waals surface area contributed by atoms with Crippen molar-refractivity contribution in [2.75, 3.05) is 39.3 Å². The van der Waals surface area contributed by atoms with E-state index in [0.29, 0.717) is 28.5 Å². The molecule has 4 aromatic rings. The molecule has 52 heavy (non-hydrogen) atoms. The number of carbonyl (C=O) groups is 2. The molecule has 2 unspecified atom stereocenters. The molecular weight excluding hydrogens is 729 g/mol. The largest absolute Gasteiger partial charge is 0.497 e. The number of methoxy groups -OCH3 is 4. The van der Waals surface area contributed by atoms with Crippen LogP contribution in [0.25, 0.3) is 0 Å². The van der Waals surface area contributed by atoms with Gasteiger partial charge in [-0.2, -0.15) is 0 Å². The lowest BCUT2D eigenvalue weighted by atomic mass is 10.0. The van der Waals surface area contributed by atoms with Gasteiger partial charge in [0.25, 0.3) is 10.0 Å². The Morgan fingerprint density at radius 3 is 2.10 bits per heavy atom. The Balaban J connectivity index is 1.92. The highest BCUT2D eigenvalue weighted by molar-refractivity contribution is 7.92. The van der Waals surface area contributed by atoms with Crippen molar-refractivity contribution in [3.63, 3.8) is 0 Å². The normalized spacial score (nSPS) is 12.3. The Bertz CT molecular complexity index is 1960. The van der Waals surface area contributed by atoms with Gasteiger partial charge in [0.1, 0.15) is 24.1 Å². The molecule has 0 heterocycles. The van der Waals surface area contributed by atoms with Crippen LogP contribution in [0.3, 0.4) is 0 Å². The van der Waals surface area contributed by atoms with Crippen LogP contribution >= 0.6 is 23.2 Å². The van der Waals surface area contributed by atoms with Crippen LogP contribution in [0.5, 0.6) is 23.0 Å². The first-order chi connectivity index (χ1) is 24.9. The van der Waals surface area contributed by atoms with Gasteiger partial charge in [0.2, 0.25) is 11.8 Å². The second-order valence-corrected chi connectivity index (χ2v) is 14.6. The maximum absolute atomic E-state index is 14.9. The van der Waals surface area contributed by atoms with Gasteiger partial charge in [-0.1, -0.05) is 66.5 Å². The summed E-state index contributed by atoms with van der Waals surface area (Å²) in [5, 5.41) is 3.67. The first-order valence-corrected chi connectivity index (χ1v) is 18.6. The van der Waals surface area contributed by atoms with Gasteiger partial charge >= 0.3 is 0 Å². The van der Waals surface area contributed by atoms with E-state index in [9.17, 15) is 18.0 Å². The highest BCUT2D eigenvalue weighted by Crippen LogP contribution is 2.38. The molecule has 0 radical (unpaired) electrons. The topological polar surface area (TPSA) is 124 Å². The van der Waals surface area contributed by atoms with Crippen LogP contribution in [0.4, 0.5) is 5.69 Å². The summed E-state index contributed by atoms with van der Waals surface area (Å²) >= 11 is 12.8. The van der Waals surface area contributed by atoms with Crippen molar-refractivity contribution in [1.29, 1.82) is 0 Å². The maximum atomic E-state index is 14.9. The number of carbonyl (C=O) groups excluding carboxylic acids is 2. The molecule has 0 fully saturated rings. The van der Waals surface area contributed by atoms with Crippen LogP contribution in [0.15, 0.2) is 89.8 Å². The van der Waals surface area contributed by atoms with Crippen LogP contribution < -0.4 is 28.6 Å². The molecule has 0 aromatic heterocycles. The summed E-state index contributed by atoms with van der Waals surface area (Å²) in [5.41, 5.74) is 1.32. The van der Waals surface area contributed by atoms with Crippen molar-refractivity contribution in [3.05, 3.63) is 106 Å². The smallest absolute Gasteiger partial charge is 0.265 e.